The number of halogens is 4. The lowest BCUT2D eigenvalue weighted by Crippen LogP contribution is -2.51. The van der Waals surface area contributed by atoms with Crippen molar-refractivity contribution in [2.75, 3.05) is 32.7 Å². The number of nitrogens with zero attached hydrogens (tertiary/aromatic N) is 2. The van der Waals surface area contributed by atoms with Crippen molar-refractivity contribution in [3.8, 4) is 0 Å². The van der Waals surface area contributed by atoms with Crippen LogP contribution < -0.4 is 5.73 Å². The lowest BCUT2D eigenvalue weighted by atomic mass is 10.2. The van der Waals surface area contributed by atoms with Crippen LogP contribution in [0.15, 0.2) is 23.1 Å². The molecule has 1 aromatic rings. The lowest BCUT2D eigenvalue weighted by Gasteiger charge is -2.34. The number of amides is 1. The highest BCUT2D eigenvalue weighted by Gasteiger charge is 2.35. The molecule has 1 heterocycles. The van der Waals surface area contributed by atoms with Crippen LogP contribution in [0.3, 0.4) is 0 Å². The highest BCUT2D eigenvalue weighted by molar-refractivity contribution is 7.89. The lowest BCUT2D eigenvalue weighted by molar-refractivity contribution is -0.137. The predicted octanol–water partition coefficient (Wildman–Crippen LogP) is 1.15. The van der Waals surface area contributed by atoms with Crippen molar-refractivity contribution in [3.05, 3.63) is 28.8 Å². The fourth-order valence-corrected chi connectivity index (χ4v) is 4.25. The summed E-state index contributed by atoms with van der Waals surface area (Å²) in [5.74, 6) is -0.316. The van der Waals surface area contributed by atoms with Gasteiger partial charge in [-0.15, -0.1) is 0 Å². The van der Waals surface area contributed by atoms with Crippen molar-refractivity contribution in [3.63, 3.8) is 0 Å². The van der Waals surface area contributed by atoms with E-state index < -0.39 is 26.7 Å². The zero-order chi connectivity index (χ0) is 18.1. The average molecular weight is 386 g/mol. The molecule has 0 aromatic heterocycles. The van der Waals surface area contributed by atoms with Crippen LogP contribution in [0, 0.1) is 0 Å². The number of carbonyl (C=O) groups excluding carboxylic acids is 1. The summed E-state index contributed by atoms with van der Waals surface area (Å²) in [5, 5.41) is -0.288. The van der Waals surface area contributed by atoms with E-state index in [1.165, 1.54) is 4.90 Å². The Morgan fingerprint density at radius 1 is 1.21 bits per heavy atom. The first kappa shape index (κ1) is 19.0. The zero-order valence-electron chi connectivity index (χ0n) is 12.4. The second-order valence-electron chi connectivity index (χ2n) is 5.13. The van der Waals surface area contributed by atoms with Gasteiger partial charge in [-0.1, -0.05) is 11.6 Å². The Labute approximate surface area is 142 Å². The van der Waals surface area contributed by atoms with Gasteiger partial charge in [0.1, 0.15) is 4.90 Å². The third-order valence-electron chi connectivity index (χ3n) is 3.64. The Kier molecular flexibility index (Phi) is 5.43. The minimum absolute atomic E-state index is 0.0410. The number of hydrogen-bond donors (Lipinski definition) is 1. The van der Waals surface area contributed by atoms with E-state index in [2.05, 4.69) is 0 Å². The highest BCUT2D eigenvalue weighted by Crippen LogP contribution is 2.34. The molecule has 0 aliphatic carbocycles. The summed E-state index contributed by atoms with van der Waals surface area (Å²) in [6.07, 6.45) is -4.68. The number of alkyl halides is 3. The van der Waals surface area contributed by atoms with Crippen molar-refractivity contribution < 1.29 is 26.4 Å². The molecule has 24 heavy (non-hydrogen) atoms. The molecule has 11 heteroatoms. The minimum atomic E-state index is -4.68. The van der Waals surface area contributed by atoms with Crippen molar-refractivity contribution in [2.45, 2.75) is 11.1 Å². The Hall–Kier alpha value is -1.36. The molecule has 1 amide bonds. The molecule has 0 bridgehead atoms. The summed E-state index contributed by atoms with van der Waals surface area (Å²) < 4.78 is 64.6. The van der Waals surface area contributed by atoms with Gasteiger partial charge in [0.25, 0.3) is 0 Å². The molecule has 1 fully saturated rings. The van der Waals surface area contributed by atoms with E-state index in [0.717, 1.165) is 16.4 Å². The molecular formula is C13H15ClF3N3O3S. The van der Waals surface area contributed by atoms with E-state index in [4.69, 9.17) is 17.3 Å². The number of hydrogen-bond acceptors (Lipinski definition) is 4. The number of sulfonamides is 1. The van der Waals surface area contributed by atoms with Crippen LogP contribution in [-0.4, -0.2) is 56.3 Å². The summed E-state index contributed by atoms with van der Waals surface area (Å²) in [7, 11) is -4.20. The number of nitrogens with two attached hydrogens (primary N) is 1. The molecule has 2 N–H and O–H groups in total. The highest BCUT2D eigenvalue weighted by atomic mass is 35.5. The average Bonchev–Trinajstić information content (AvgIpc) is 2.53. The third kappa shape index (κ3) is 3.82. The first-order chi connectivity index (χ1) is 11.1. The molecule has 0 unspecified atom stereocenters. The summed E-state index contributed by atoms with van der Waals surface area (Å²) in [6.45, 7) is -0.0365. The normalized spacial score (nSPS) is 17.1. The standard InChI is InChI=1S/C13H15ClF3N3O3S/c14-10-2-1-9(13(15,16)17)7-11(10)24(22,23)20-5-3-19(4-6-20)12(21)8-18/h1-2,7H,3-6,8,18H2. The van der Waals surface area contributed by atoms with Gasteiger partial charge in [-0.3, -0.25) is 4.79 Å². The summed E-state index contributed by atoms with van der Waals surface area (Å²) in [6, 6.07) is 2.15. The zero-order valence-corrected chi connectivity index (χ0v) is 14.0. The monoisotopic (exact) mass is 385 g/mol. The van der Waals surface area contributed by atoms with Gasteiger partial charge in [0.2, 0.25) is 15.9 Å². The number of piperazine rings is 1. The topological polar surface area (TPSA) is 83.7 Å². The maximum Gasteiger partial charge on any atom is 0.416 e. The second-order valence-corrected chi connectivity index (χ2v) is 7.45. The maximum absolute atomic E-state index is 12.8. The van der Waals surface area contributed by atoms with Gasteiger partial charge in [-0.25, -0.2) is 8.42 Å². The Bertz CT molecular complexity index is 732. The summed E-state index contributed by atoms with van der Waals surface area (Å²) in [4.78, 5) is 12.3. The van der Waals surface area contributed by atoms with Crippen LogP contribution in [0.2, 0.25) is 5.02 Å². The minimum Gasteiger partial charge on any atom is -0.339 e. The molecule has 6 nitrogen and oxygen atoms in total. The Morgan fingerprint density at radius 3 is 2.29 bits per heavy atom. The molecular weight excluding hydrogens is 371 g/mol. The van der Waals surface area contributed by atoms with E-state index in [-0.39, 0.29) is 43.7 Å². The number of rotatable bonds is 3. The maximum atomic E-state index is 12.8. The molecule has 2 rings (SSSR count). The third-order valence-corrected chi connectivity index (χ3v) is 6.02. The van der Waals surface area contributed by atoms with Gasteiger partial charge in [-0.05, 0) is 18.2 Å². The predicted molar refractivity (Wildman–Crippen MR) is 80.8 cm³/mol. The Balaban J connectivity index is 2.27. The van der Waals surface area contributed by atoms with E-state index in [1.807, 2.05) is 0 Å². The number of carbonyl (C=O) groups is 1. The SMILES string of the molecule is NCC(=O)N1CCN(S(=O)(=O)c2cc(C(F)(F)F)ccc2Cl)CC1. The second kappa shape index (κ2) is 6.87. The van der Waals surface area contributed by atoms with Crippen LogP contribution in [0.4, 0.5) is 13.2 Å². The fraction of sp³-hybridized carbons (Fsp3) is 0.462. The van der Waals surface area contributed by atoms with Gasteiger partial charge in [0.05, 0.1) is 17.1 Å². The first-order valence-corrected chi connectivity index (χ1v) is 8.74. The van der Waals surface area contributed by atoms with Gasteiger partial charge in [-0.2, -0.15) is 17.5 Å². The van der Waals surface area contributed by atoms with Crippen molar-refractivity contribution in [1.29, 1.82) is 0 Å². The molecule has 134 valence electrons. The molecule has 1 saturated heterocycles. The quantitative estimate of drug-likeness (QED) is 0.846. The van der Waals surface area contributed by atoms with Gasteiger partial charge < -0.3 is 10.6 Å². The first-order valence-electron chi connectivity index (χ1n) is 6.92. The molecule has 0 saturated carbocycles. The van der Waals surface area contributed by atoms with E-state index >= 15 is 0 Å². The molecule has 1 aromatic carbocycles. The van der Waals surface area contributed by atoms with E-state index in [9.17, 15) is 26.4 Å². The van der Waals surface area contributed by atoms with Crippen LogP contribution in [-0.2, 0) is 21.0 Å². The van der Waals surface area contributed by atoms with E-state index in [1.54, 1.807) is 0 Å². The molecule has 1 aliphatic rings. The Morgan fingerprint density at radius 2 is 1.79 bits per heavy atom. The van der Waals surface area contributed by atoms with Crippen LogP contribution in [0.25, 0.3) is 0 Å². The van der Waals surface area contributed by atoms with Gasteiger partial charge in [0.15, 0.2) is 0 Å². The van der Waals surface area contributed by atoms with Crippen LogP contribution in [0.1, 0.15) is 5.56 Å². The van der Waals surface area contributed by atoms with Crippen molar-refractivity contribution in [2.24, 2.45) is 5.73 Å². The molecule has 0 spiro atoms. The smallest absolute Gasteiger partial charge is 0.339 e. The fourth-order valence-electron chi connectivity index (χ4n) is 2.32. The largest absolute Gasteiger partial charge is 0.416 e. The van der Waals surface area contributed by atoms with Crippen molar-refractivity contribution >= 4 is 27.5 Å². The van der Waals surface area contributed by atoms with Crippen LogP contribution in [0.5, 0.6) is 0 Å². The summed E-state index contributed by atoms with van der Waals surface area (Å²) in [5.41, 5.74) is 4.15. The van der Waals surface area contributed by atoms with Gasteiger partial charge >= 0.3 is 6.18 Å². The summed E-state index contributed by atoms with van der Waals surface area (Å²) >= 11 is 5.80. The molecule has 0 atom stereocenters. The molecule has 0 radical (unpaired) electrons. The van der Waals surface area contributed by atoms with Crippen molar-refractivity contribution in [1.82, 2.24) is 9.21 Å². The number of benzene rings is 1. The van der Waals surface area contributed by atoms with Crippen LogP contribution >= 0.6 is 11.6 Å². The van der Waals surface area contributed by atoms with E-state index in [0.29, 0.717) is 6.07 Å². The van der Waals surface area contributed by atoms with Gasteiger partial charge in [0, 0.05) is 26.2 Å². The molecule has 1 aliphatic heterocycles.